The van der Waals surface area contributed by atoms with E-state index in [1.165, 1.54) is 12.1 Å². The van der Waals surface area contributed by atoms with Gasteiger partial charge < -0.3 is 4.74 Å². The molecular weight excluding hydrogens is 283 g/mol. The third kappa shape index (κ3) is 3.81. The molecule has 110 valence electrons. The molecule has 1 heterocycles. The monoisotopic (exact) mass is 295 g/mol. The van der Waals surface area contributed by atoms with Crippen LogP contribution in [0.1, 0.15) is 27.3 Å². The van der Waals surface area contributed by atoms with Crippen LogP contribution in [0, 0.1) is 6.92 Å². The van der Waals surface area contributed by atoms with Gasteiger partial charge in [0.25, 0.3) is 0 Å². The number of carbonyl (C=O) groups is 1. The summed E-state index contributed by atoms with van der Waals surface area (Å²) in [6.45, 7) is 1.65. The quantitative estimate of drug-likeness (QED) is 0.805. The largest absolute Gasteiger partial charge is 0.487 e. The van der Waals surface area contributed by atoms with Crippen LogP contribution in [0.15, 0.2) is 36.4 Å². The maximum Gasteiger partial charge on any atom is 0.416 e. The minimum Gasteiger partial charge on any atom is -0.487 e. The van der Waals surface area contributed by atoms with Crippen molar-refractivity contribution in [2.45, 2.75) is 19.7 Å². The van der Waals surface area contributed by atoms with Gasteiger partial charge in [0, 0.05) is 5.69 Å². The normalized spacial score (nSPS) is 11.2. The van der Waals surface area contributed by atoms with Gasteiger partial charge in [-0.2, -0.15) is 13.2 Å². The average Bonchev–Trinajstić information content (AvgIpc) is 2.45. The Labute approximate surface area is 119 Å². The molecule has 0 aliphatic carbocycles. The van der Waals surface area contributed by atoms with Crippen LogP contribution in [0.25, 0.3) is 0 Å². The first kappa shape index (κ1) is 15.0. The molecule has 2 rings (SSSR count). The lowest BCUT2D eigenvalue weighted by molar-refractivity contribution is -0.137. The number of hydrogen-bond acceptors (Lipinski definition) is 3. The van der Waals surface area contributed by atoms with Crippen molar-refractivity contribution < 1.29 is 22.7 Å². The molecule has 6 heteroatoms. The smallest absolute Gasteiger partial charge is 0.416 e. The predicted octanol–water partition coefficient (Wildman–Crippen LogP) is 3.80. The summed E-state index contributed by atoms with van der Waals surface area (Å²) in [6, 6.07) is 8.08. The number of aldehydes is 1. The molecule has 0 bridgehead atoms. The van der Waals surface area contributed by atoms with Crippen LogP contribution in [-0.4, -0.2) is 11.3 Å². The van der Waals surface area contributed by atoms with Crippen LogP contribution in [0.5, 0.6) is 5.75 Å². The molecule has 0 radical (unpaired) electrons. The van der Waals surface area contributed by atoms with E-state index in [2.05, 4.69) is 4.98 Å². The van der Waals surface area contributed by atoms with E-state index < -0.39 is 11.7 Å². The number of hydrogen-bond donors (Lipinski definition) is 0. The first-order chi connectivity index (χ1) is 9.90. The Morgan fingerprint density at radius 2 is 2.00 bits per heavy atom. The van der Waals surface area contributed by atoms with E-state index in [1.807, 2.05) is 0 Å². The van der Waals surface area contributed by atoms with E-state index >= 15 is 0 Å². The number of aromatic nitrogens is 1. The minimum atomic E-state index is -4.39. The van der Waals surface area contributed by atoms with Crippen molar-refractivity contribution in [1.29, 1.82) is 0 Å². The Morgan fingerprint density at radius 3 is 2.67 bits per heavy atom. The molecule has 0 unspecified atom stereocenters. The molecule has 1 aromatic heterocycles. The molecule has 21 heavy (non-hydrogen) atoms. The molecule has 1 aromatic carbocycles. The van der Waals surface area contributed by atoms with Gasteiger partial charge in [0.15, 0.2) is 6.29 Å². The Kier molecular flexibility index (Phi) is 4.26. The number of alkyl halides is 3. The number of nitrogens with zero attached hydrogens (tertiary/aromatic N) is 1. The van der Waals surface area contributed by atoms with Crippen molar-refractivity contribution in [1.82, 2.24) is 4.98 Å². The summed E-state index contributed by atoms with van der Waals surface area (Å²) < 4.78 is 43.2. The van der Waals surface area contributed by atoms with Gasteiger partial charge in [-0.15, -0.1) is 0 Å². The van der Waals surface area contributed by atoms with Crippen LogP contribution in [0.3, 0.4) is 0 Å². The van der Waals surface area contributed by atoms with Gasteiger partial charge in [0.2, 0.25) is 0 Å². The number of benzene rings is 1. The molecule has 3 nitrogen and oxygen atoms in total. The van der Waals surface area contributed by atoms with Crippen LogP contribution in [-0.2, 0) is 12.8 Å². The highest BCUT2D eigenvalue weighted by Crippen LogP contribution is 2.29. The zero-order valence-corrected chi connectivity index (χ0v) is 11.1. The molecule has 0 aliphatic heterocycles. The van der Waals surface area contributed by atoms with Gasteiger partial charge in [-0.3, -0.25) is 4.79 Å². The van der Waals surface area contributed by atoms with Crippen molar-refractivity contribution in [3.63, 3.8) is 0 Å². The summed E-state index contributed by atoms with van der Waals surface area (Å²) in [7, 11) is 0. The molecule has 0 atom stereocenters. The van der Waals surface area contributed by atoms with E-state index in [0.717, 1.165) is 12.1 Å². The molecule has 0 N–H and O–H groups in total. The summed E-state index contributed by atoms with van der Waals surface area (Å²) >= 11 is 0. The Balaban J connectivity index is 2.15. The molecule has 0 saturated heterocycles. The Morgan fingerprint density at radius 1 is 1.24 bits per heavy atom. The first-order valence-corrected chi connectivity index (χ1v) is 6.12. The van der Waals surface area contributed by atoms with Crippen LogP contribution < -0.4 is 4.74 Å². The highest BCUT2D eigenvalue weighted by molar-refractivity contribution is 5.76. The summed E-state index contributed by atoms with van der Waals surface area (Å²) in [4.78, 5) is 14.9. The van der Waals surface area contributed by atoms with E-state index in [-0.39, 0.29) is 18.1 Å². The summed E-state index contributed by atoms with van der Waals surface area (Å²) in [5, 5.41) is 0. The Bertz CT molecular complexity index is 654. The van der Waals surface area contributed by atoms with E-state index in [1.54, 1.807) is 19.1 Å². The summed E-state index contributed by atoms with van der Waals surface area (Å²) in [5.41, 5.74) is 0.411. The molecule has 0 fully saturated rings. The van der Waals surface area contributed by atoms with Gasteiger partial charge in [0.05, 0.1) is 5.56 Å². The zero-order chi connectivity index (χ0) is 15.5. The van der Waals surface area contributed by atoms with Crippen LogP contribution in [0.4, 0.5) is 13.2 Å². The highest BCUT2D eigenvalue weighted by Gasteiger charge is 2.30. The van der Waals surface area contributed by atoms with Gasteiger partial charge in [-0.25, -0.2) is 4.98 Å². The number of carbonyl (C=O) groups excluding carboxylic acids is 1. The lowest BCUT2D eigenvalue weighted by Gasteiger charge is -2.11. The maximum absolute atomic E-state index is 12.6. The van der Waals surface area contributed by atoms with Gasteiger partial charge in [-0.05, 0) is 36.8 Å². The topological polar surface area (TPSA) is 39.2 Å². The fraction of sp³-hybridized carbons (Fsp3) is 0.200. The molecule has 0 aliphatic rings. The van der Waals surface area contributed by atoms with E-state index in [4.69, 9.17) is 4.74 Å². The number of pyridine rings is 1. The van der Waals surface area contributed by atoms with Crippen LogP contribution >= 0.6 is 0 Å². The average molecular weight is 295 g/mol. The lowest BCUT2D eigenvalue weighted by atomic mass is 10.1. The van der Waals surface area contributed by atoms with Crippen molar-refractivity contribution in [2.24, 2.45) is 0 Å². The third-order valence-corrected chi connectivity index (χ3v) is 2.79. The summed E-state index contributed by atoms with van der Waals surface area (Å²) in [6.07, 6.45) is -3.84. The van der Waals surface area contributed by atoms with Crippen molar-refractivity contribution in [3.8, 4) is 5.75 Å². The van der Waals surface area contributed by atoms with E-state index in [0.29, 0.717) is 17.5 Å². The van der Waals surface area contributed by atoms with Crippen molar-refractivity contribution >= 4 is 6.29 Å². The van der Waals surface area contributed by atoms with E-state index in [9.17, 15) is 18.0 Å². The zero-order valence-electron chi connectivity index (χ0n) is 11.1. The Hall–Kier alpha value is -2.37. The maximum atomic E-state index is 12.6. The number of ether oxygens (including phenoxy) is 1. The molecule has 0 amide bonds. The SMILES string of the molecule is Cc1ccc(OCc2cccc(C(F)(F)F)c2)c(C=O)n1. The third-order valence-electron chi connectivity index (χ3n) is 2.79. The van der Waals surface area contributed by atoms with Crippen LogP contribution in [0.2, 0.25) is 0 Å². The second-order valence-electron chi connectivity index (χ2n) is 4.44. The second-order valence-corrected chi connectivity index (χ2v) is 4.44. The first-order valence-electron chi connectivity index (χ1n) is 6.12. The molecule has 2 aromatic rings. The standard InChI is InChI=1S/C15H12F3NO2/c1-10-5-6-14(13(8-20)19-10)21-9-11-3-2-4-12(7-11)15(16,17)18/h2-8H,9H2,1H3. The van der Waals surface area contributed by atoms with Gasteiger partial charge in [-0.1, -0.05) is 12.1 Å². The number of halogens is 3. The second kappa shape index (κ2) is 5.95. The lowest BCUT2D eigenvalue weighted by Crippen LogP contribution is -2.06. The fourth-order valence-corrected chi connectivity index (χ4v) is 1.77. The number of rotatable bonds is 4. The van der Waals surface area contributed by atoms with Crippen molar-refractivity contribution in [2.75, 3.05) is 0 Å². The summed E-state index contributed by atoms with van der Waals surface area (Å²) in [5.74, 6) is 0.244. The van der Waals surface area contributed by atoms with Gasteiger partial charge in [0.1, 0.15) is 18.1 Å². The van der Waals surface area contributed by atoms with Crippen molar-refractivity contribution in [3.05, 3.63) is 58.9 Å². The molecule has 0 saturated carbocycles. The number of aryl methyl sites for hydroxylation is 1. The minimum absolute atomic E-state index is 0.0739. The highest BCUT2D eigenvalue weighted by atomic mass is 19.4. The predicted molar refractivity (Wildman–Crippen MR) is 70.1 cm³/mol. The van der Waals surface area contributed by atoms with Gasteiger partial charge >= 0.3 is 6.18 Å². The molecular formula is C15H12F3NO2. The molecule has 0 spiro atoms. The fourth-order valence-electron chi connectivity index (χ4n) is 1.77.